The number of nitrogens with two attached hydrogens (primary N) is 1. The Hall–Kier alpha value is -2.76. The highest BCUT2D eigenvalue weighted by molar-refractivity contribution is 5.80. The molecule has 4 nitrogen and oxygen atoms in total. The first kappa shape index (κ1) is 13.2. The molecule has 0 atom stereocenters. The largest absolute Gasteiger partial charge is 0.381 e. The molecule has 106 valence electrons. The first-order valence-corrected chi connectivity index (χ1v) is 6.29. The Morgan fingerprint density at radius 2 is 1.67 bits per heavy atom. The van der Waals surface area contributed by atoms with E-state index in [1.165, 1.54) is 6.92 Å². The van der Waals surface area contributed by atoms with Crippen molar-refractivity contribution in [2.75, 3.05) is 11.1 Å². The minimum absolute atomic E-state index is 0.0330. The van der Waals surface area contributed by atoms with E-state index < -0.39 is 11.6 Å². The van der Waals surface area contributed by atoms with Crippen molar-refractivity contribution in [3.8, 4) is 0 Å². The molecule has 0 saturated carbocycles. The third-order valence-corrected chi connectivity index (χ3v) is 3.10. The summed E-state index contributed by atoms with van der Waals surface area (Å²) in [6, 6.07) is 9.35. The molecule has 0 spiro atoms. The van der Waals surface area contributed by atoms with Gasteiger partial charge in [0, 0.05) is 6.07 Å². The van der Waals surface area contributed by atoms with Crippen LogP contribution in [0.5, 0.6) is 0 Å². The molecular weight excluding hydrogens is 274 g/mol. The zero-order valence-corrected chi connectivity index (χ0v) is 11.2. The Morgan fingerprint density at radius 3 is 2.38 bits per heavy atom. The molecule has 0 amide bonds. The maximum Gasteiger partial charge on any atom is 0.174 e. The molecule has 2 aromatic carbocycles. The molecule has 3 aromatic rings. The van der Waals surface area contributed by atoms with E-state index in [9.17, 15) is 8.78 Å². The Balaban J connectivity index is 2.05. The lowest BCUT2D eigenvalue weighted by molar-refractivity contribution is 0.595. The van der Waals surface area contributed by atoms with E-state index in [0.717, 1.165) is 12.1 Å². The Morgan fingerprint density at radius 1 is 1.00 bits per heavy atom. The van der Waals surface area contributed by atoms with Gasteiger partial charge >= 0.3 is 0 Å². The highest BCUT2D eigenvalue weighted by Crippen LogP contribution is 2.26. The highest BCUT2D eigenvalue weighted by atomic mass is 19.1. The molecule has 1 aromatic heterocycles. The number of nitrogens with one attached hydrogen (secondary N) is 1. The summed E-state index contributed by atoms with van der Waals surface area (Å²) < 4.78 is 27.4. The van der Waals surface area contributed by atoms with Gasteiger partial charge in [0.05, 0.1) is 16.7 Å². The maximum absolute atomic E-state index is 13.8. The number of aromatic nitrogens is 2. The third kappa shape index (κ3) is 2.47. The summed E-state index contributed by atoms with van der Waals surface area (Å²) >= 11 is 0. The Labute approximate surface area is 119 Å². The van der Waals surface area contributed by atoms with Crippen LogP contribution in [0, 0.1) is 18.6 Å². The van der Waals surface area contributed by atoms with Crippen LogP contribution in [0.4, 0.5) is 26.1 Å². The lowest BCUT2D eigenvalue weighted by Crippen LogP contribution is -2.04. The molecule has 0 aliphatic heterocycles. The van der Waals surface area contributed by atoms with Gasteiger partial charge in [0.25, 0.3) is 0 Å². The molecule has 3 N–H and O–H groups in total. The summed E-state index contributed by atoms with van der Waals surface area (Å²) in [5, 5.41) is 2.69. The number of anilines is 3. The molecule has 0 radical (unpaired) electrons. The standard InChI is InChI=1S/C15H12F2N4/c1-8-6-10(17)13(7-9(8)16)21-15-14(18)19-11-4-2-3-5-12(11)20-15/h2-7H,1H3,(H2,18,19)(H,20,21). The highest BCUT2D eigenvalue weighted by Gasteiger charge is 2.11. The van der Waals surface area contributed by atoms with Gasteiger partial charge < -0.3 is 11.1 Å². The van der Waals surface area contributed by atoms with E-state index in [2.05, 4.69) is 15.3 Å². The van der Waals surface area contributed by atoms with Crippen LogP contribution in [0.25, 0.3) is 11.0 Å². The predicted octanol–water partition coefficient (Wildman–Crippen LogP) is 3.54. The van der Waals surface area contributed by atoms with E-state index in [1.54, 1.807) is 12.1 Å². The van der Waals surface area contributed by atoms with Crippen molar-refractivity contribution in [2.24, 2.45) is 0 Å². The second-order valence-electron chi connectivity index (χ2n) is 4.65. The molecule has 0 aliphatic carbocycles. The average molecular weight is 286 g/mol. The van der Waals surface area contributed by atoms with Crippen molar-refractivity contribution < 1.29 is 8.78 Å². The quantitative estimate of drug-likeness (QED) is 0.756. The van der Waals surface area contributed by atoms with Gasteiger partial charge in [0.2, 0.25) is 0 Å². The van der Waals surface area contributed by atoms with E-state index in [1.807, 2.05) is 12.1 Å². The van der Waals surface area contributed by atoms with E-state index >= 15 is 0 Å². The minimum Gasteiger partial charge on any atom is -0.381 e. The van der Waals surface area contributed by atoms with Crippen LogP contribution in [0.1, 0.15) is 5.56 Å². The minimum atomic E-state index is -0.580. The fourth-order valence-corrected chi connectivity index (χ4v) is 1.98. The molecule has 1 heterocycles. The maximum atomic E-state index is 13.8. The number of benzene rings is 2. The van der Waals surface area contributed by atoms with Crippen molar-refractivity contribution in [3.05, 3.63) is 53.6 Å². The van der Waals surface area contributed by atoms with Gasteiger partial charge in [-0.3, -0.25) is 0 Å². The Kier molecular flexibility index (Phi) is 3.13. The molecule has 0 unspecified atom stereocenters. The van der Waals surface area contributed by atoms with Crippen molar-refractivity contribution >= 4 is 28.4 Å². The number of para-hydroxylation sites is 2. The number of halogens is 2. The number of aryl methyl sites for hydroxylation is 1. The van der Waals surface area contributed by atoms with Crippen LogP contribution in [0.2, 0.25) is 0 Å². The van der Waals surface area contributed by atoms with E-state index in [-0.39, 0.29) is 22.9 Å². The van der Waals surface area contributed by atoms with E-state index in [0.29, 0.717) is 11.0 Å². The van der Waals surface area contributed by atoms with Crippen molar-refractivity contribution in [1.82, 2.24) is 9.97 Å². The fraction of sp³-hybridized carbons (Fsp3) is 0.0667. The number of nitrogens with zero attached hydrogens (tertiary/aromatic N) is 2. The number of hydrogen-bond donors (Lipinski definition) is 2. The predicted molar refractivity (Wildman–Crippen MR) is 78.3 cm³/mol. The summed E-state index contributed by atoms with van der Waals surface area (Å²) in [6.45, 7) is 1.49. The van der Waals surface area contributed by atoms with Gasteiger partial charge in [-0.2, -0.15) is 0 Å². The van der Waals surface area contributed by atoms with Gasteiger partial charge in [-0.1, -0.05) is 12.1 Å². The van der Waals surface area contributed by atoms with Gasteiger partial charge in [-0.25, -0.2) is 18.7 Å². The van der Waals surface area contributed by atoms with Crippen LogP contribution in [0.15, 0.2) is 36.4 Å². The van der Waals surface area contributed by atoms with Crippen molar-refractivity contribution in [1.29, 1.82) is 0 Å². The summed E-state index contributed by atoms with van der Waals surface area (Å²) in [4.78, 5) is 8.45. The second kappa shape index (κ2) is 4.97. The van der Waals surface area contributed by atoms with Crippen molar-refractivity contribution in [3.63, 3.8) is 0 Å². The summed E-state index contributed by atoms with van der Waals surface area (Å²) in [7, 11) is 0. The lowest BCUT2D eigenvalue weighted by Gasteiger charge is -2.10. The number of fused-ring (bicyclic) bond motifs is 1. The topological polar surface area (TPSA) is 63.8 Å². The zero-order chi connectivity index (χ0) is 15.0. The lowest BCUT2D eigenvalue weighted by atomic mass is 10.2. The summed E-state index contributed by atoms with van der Waals surface area (Å²) in [6.07, 6.45) is 0. The fourth-order valence-electron chi connectivity index (χ4n) is 1.98. The number of hydrogen-bond acceptors (Lipinski definition) is 4. The smallest absolute Gasteiger partial charge is 0.174 e. The first-order valence-electron chi connectivity index (χ1n) is 6.29. The van der Waals surface area contributed by atoms with E-state index in [4.69, 9.17) is 5.73 Å². The van der Waals surface area contributed by atoms with Gasteiger partial charge in [-0.15, -0.1) is 0 Å². The molecule has 21 heavy (non-hydrogen) atoms. The molecule has 0 bridgehead atoms. The summed E-state index contributed by atoms with van der Waals surface area (Å²) in [5.74, 6) is -0.778. The van der Waals surface area contributed by atoms with Crippen LogP contribution in [-0.4, -0.2) is 9.97 Å². The molecule has 0 fully saturated rings. The Bertz CT molecular complexity index is 833. The normalized spacial score (nSPS) is 10.8. The summed E-state index contributed by atoms with van der Waals surface area (Å²) in [5.41, 5.74) is 7.25. The SMILES string of the molecule is Cc1cc(F)c(Nc2nc3ccccc3nc2N)cc1F. The van der Waals surface area contributed by atoms with Crippen LogP contribution >= 0.6 is 0 Å². The number of nitrogen functional groups attached to an aromatic ring is 1. The number of rotatable bonds is 2. The molecule has 0 saturated heterocycles. The van der Waals surface area contributed by atoms with Gasteiger partial charge in [-0.05, 0) is 30.7 Å². The molecular formula is C15H12F2N4. The zero-order valence-electron chi connectivity index (χ0n) is 11.2. The third-order valence-electron chi connectivity index (χ3n) is 3.10. The van der Waals surface area contributed by atoms with Crippen LogP contribution in [-0.2, 0) is 0 Å². The molecule has 3 rings (SSSR count). The van der Waals surface area contributed by atoms with Gasteiger partial charge in [0.1, 0.15) is 11.6 Å². The molecule has 6 heteroatoms. The van der Waals surface area contributed by atoms with Crippen LogP contribution < -0.4 is 11.1 Å². The van der Waals surface area contributed by atoms with Crippen LogP contribution in [0.3, 0.4) is 0 Å². The first-order chi connectivity index (χ1) is 10.0. The second-order valence-corrected chi connectivity index (χ2v) is 4.65. The molecule has 0 aliphatic rings. The monoisotopic (exact) mass is 286 g/mol. The van der Waals surface area contributed by atoms with Gasteiger partial charge in [0.15, 0.2) is 11.6 Å². The van der Waals surface area contributed by atoms with Crippen molar-refractivity contribution in [2.45, 2.75) is 6.92 Å². The average Bonchev–Trinajstić information content (AvgIpc) is 2.45.